The maximum Gasteiger partial charge on any atom is 0.115 e. The molecule has 0 aliphatic heterocycles. The van der Waals surface area contributed by atoms with Gasteiger partial charge >= 0.3 is 0 Å². The van der Waals surface area contributed by atoms with Crippen molar-refractivity contribution >= 4 is 0 Å². The van der Waals surface area contributed by atoms with Crippen LogP contribution in [0.25, 0.3) is 0 Å². The van der Waals surface area contributed by atoms with Gasteiger partial charge in [-0.1, -0.05) is 36.4 Å². The van der Waals surface area contributed by atoms with Crippen molar-refractivity contribution in [1.82, 2.24) is 0 Å². The van der Waals surface area contributed by atoms with Gasteiger partial charge in [-0.05, 0) is 99.0 Å². The Labute approximate surface area is 158 Å². The van der Waals surface area contributed by atoms with Crippen molar-refractivity contribution in [3.8, 4) is 0 Å². The summed E-state index contributed by atoms with van der Waals surface area (Å²) >= 11 is 0. The summed E-state index contributed by atoms with van der Waals surface area (Å²) in [5, 5.41) is 0. The zero-order valence-corrected chi connectivity index (χ0v) is 16.0. The van der Waals surface area contributed by atoms with Gasteiger partial charge in [-0.3, -0.25) is 4.39 Å². The van der Waals surface area contributed by atoms with Crippen LogP contribution in [0.15, 0.2) is 36.4 Å². The Kier molecular flexibility index (Phi) is 7.70. The first kappa shape index (κ1) is 19.6. The number of rotatable bonds is 7. The quantitative estimate of drug-likeness (QED) is 0.348. The molecule has 26 heavy (non-hydrogen) atoms. The van der Waals surface area contributed by atoms with E-state index in [9.17, 15) is 8.78 Å². The van der Waals surface area contributed by atoms with Gasteiger partial charge in [0.2, 0.25) is 0 Å². The normalized spacial score (nSPS) is 29.9. The summed E-state index contributed by atoms with van der Waals surface area (Å²) in [5.74, 6) is 3.24. The molecule has 0 amide bonds. The fourth-order valence-electron chi connectivity index (χ4n) is 5.10. The fourth-order valence-corrected chi connectivity index (χ4v) is 5.10. The van der Waals surface area contributed by atoms with Crippen molar-refractivity contribution in [2.45, 2.75) is 76.8 Å². The van der Waals surface area contributed by atoms with Crippen LogP contribution < -0.4 is 0 Å². The van der Waals surface area contributed by atoms with Crippen molar-refractivity contribution in [2.24, 2.45) is 17.8 Å². The van der Waals surface area contributed by atoms with Gasteiger partial charge in [0.05, 0.1) is 6.67 Å². The van der Waals surface area contributed by atoms with Gasteiger partial charge in [0.1, 0.15) is 6.67 Å². The van der Waals surface area contributed by atoms with Gasteiger partial charge in [0.25, 0.3) is 0 Å². The fraction of sp³-hybridized carbons (Fsp3) is 0.667. The van der Waals surface area contributed by atoms with E-state index in [1.165, 1.54) is 56.9 Å². The van der Waals surface area contributed by atoms with E-state index in [1.54, 1.807) is 0 Å². The van der Waals surface area contributed by atoms with E-state index in [4.69, 9.17) is 0 Å². The Bertz CT molecular complexity index is 532. The number of halogens is 2. The molecule has 0 bridgehead atoms. The Hall–Kier alpha value is -1.18. The predicted octanol–water partition coefficient (Wildman–Crippen LogP) is 7.54. The number of allylic oxidation sites excluding steroid dienone is 2. The number of alkyl halides is 2. The lowest BCUT2D eigenvalue weighted by molar-refractivity contribution is 0.171. The maximum atomic E-state index is 12.7. The summed E-state index contributed by atoms with van der Waals surface area (Å²) in [5.41, 5.74) is 2.20. The summed E-state index contributed by atoms with van der Waals surface area (Å²) in [6.07, 6.45) is 16.8. The predicted molar refractivity (Wildman–Crippen MR) is 106 cm³/mol. The zero-order valence-electron chi connectivity index (χ0n) is 16.0. The molecule has 0 atom stereocenters. The highest BCUT2D eigenvalue weighted by Crippen LogP contribution is 2.44. The molecule has 0 N–H and O–H groups in total. The van der Waals surface area contributed by atoms with Crippen LogP contribution in [0.2, 0.25) is 0 Å². The second-order valence-electron chi connectivity index (χ2n) is 8.42. The Morgan fingerprint density at radius 3 is 2.00 bits per heavy atom. The van der Waals surface area contributed by atoms with E-state index in [0.717, 1.165) is 29.7 Å². The summed E-state index contributed by atoms with van der Waals surface area (Å²) in [7, 11) is 0. The molecule has 3 rings (SSSR count). The van der Waals surface area contributed by atoms with Crippen molar-refractivity contribution in [1.29, 1.82) is 0 Å². The van der Waals surface area contributed by atoms with E-state index in [0.29, 0.717) is 12.3 Å². The highest BCUT2D eigenvalue weighted by Gasteiger charge is 2.30. The van der Waals surface area contributed by atoms with Gasteiger partial charge in [-0.15, -0.1) is 0 Å². The third-order valence-corrected chi connectivity index (χ3v) is 6.77. The van der Waals surface area contributed by atoms with Crippen LogP contribution in [-0.4, -0.2) is 6.67 Å². The van der Waals surface area contributed by atoms with Crippen LogP contribution in [0.1, 0.15) is 81.3 Å². The SMILES string of the molecule is FCCCC=CC1CCC(C2CCC(c3ccc(CF)cc3)CC2)CC1. The molecular weight excluding hydrogens is 326 g/mol. The summed E-state index contributed by atoms with van der Waals surface area (Å²) in [4.78, 5) is 0. The van der Waals surface area contributed by atoms with E-state index < -0.39 is 0 Å². The van der Waals surface area contributed by atoms with Gasteiger partial charge in [-0.25, -0.2) is 4.39 Å². The Balaban J connectivity index is 1.40. The molecular formula is C24H34F2. The summed E-state index contributed by atoms with van der Waals surface area (Å²) in [6, 6.07) is 8.17. The van der Waals surface area contributed by atoms with Crippen LogP contribution in [0.3, 0.4) is 0 Å². The van der Waals surface area contributed by atoms with Gasteiger partial charge in [0, 0.05) is 0 Å². The molecule has 1 aromatic carbocycles. The minimum atomic E-state index is -0.360. The average Bonchev–Trinajstić information content (AvgIpc) is 2.72. The molecule has 144 valence electrons. The molecule has 2 saturated carbocycles. The molecule has 2 heteroatoms. The molecule has 0 radical (unpaired) electrons. The van der Waals surface area contributed by atoms with Crippen molar-refractivity contribution in [3.63, 3.8) is 0 Å². The Morgan fingerprint density at radius 1 is 0.808 bits per heavy atom. The number of unbranched alkanes of at least 4 members (excludes halogenated alkanes) is 1. The van der Waals surface area contributed by atoms with Crippen molar-refractivity contribution < 1.29 is 8.78 Å². The lowest BCUT2D eigenvalue weighted by Crippen LogP contribution is -2.25. The topological polar surface area (TPSA) is 0 Å². The number of hydrogen-bond acceptors (Lipinski definition) is 0. The largest absolute Gasteiger partial charge is 0.251 e. The minimum Gasteiger partial charge on any atom is -0.251 e. The first-order chi connectivity index (χ1) is 12.8. The monoisotopic (exact) mass is 360 g/mol. The van der Waals surface area contributed by atoms with Gasteiger partial charge in [-0.2, -0.15) is 0 Å². The standard InChI is InChI=1S/C24H34F2/c25-17-3-1-2-4-19-5-9-21(10-6-19)23-13-15-24(16-14-23)22-11-7-20(18-26)8-12-22/h2,4,7-8,11-12,19,21,23-24H,1,3,5-6,9-10,13-18H2. The molecule has 0 unspecified atom stereocenters. The van der Waals surface area contributed by atoms with Crippen molar-refractivity contribution in [2.75, 3.05) is 6.67 Å². The molecule has 1 aromatic rings. The second-order valence-corrected chi connectivity index (χ2v) is 8.42. The highest BCUT2D eigenvalue weighted by atomic mass is 19.1. The highest BCUT2D eigenvalue weighted by molar-refractivity contribution is 5.25. The van der Waals surface area contributed by atoms with Gasteiger partial charge in [0.15, 0.2) is 0 Å². The van der Waals surface area contributed by atoms with E-state index in [1.807, 2.05) is 12.1 Å². The smallest absolute Gasteiger partial charge is 0.115 e. The summed E-state index contributed by atoms with van der Waals surface area (Å²) in [6.45, 7) is -0.555. The van der Waals surface area contributed by atoms with E-state index in [2.05, 4.69) is 24.3 Å². The lowest BCUT2D eigenvalue weighted by Gasteiger charge is -2.37. The summed E-state index contributed by atoms with van der Waals surface area (Å²) < 4.78 is 24.8. The number of hydrogen-bond donors (Lipinski definition) is 0. The van der Waals surface area contributed by atoms with Gasteiger partial charge < -0.3 is 0 Å². The minimum absolute atomic E-state index is 0.195. The van der Waals surface area contributed by atoms with Crippen LogP contribution in [-0.2, 0) is 6.67 Å². The molecule has 0 saturated heterocycles. The van der Waals surface area contributed by atoms with Crippen LogP contribution >= 0.6 is 0 Å². The second kappa shape index (κ2) is 10.2. The molecule has 0 aromatic heterocycles. The number of benzene rings is 1. The van der Waals surface area contributed by atoms with Crippen LogP contribution in [0.4, 0.5) is 8.78 Å². The molecule has 2 aliphatic carbocycles. The van der Waals surface area contributed by atoms with E-state index in [-0.39, 0.29) is 13.3 Å². The van der Waals surface area contributed by atoms with Crippen molar-refractivity contribution in [3.05, 3.63) is 47.5 Å². The third-order valence-electron chi connectivity index (χ3n) is 6.77. The first-order valence-corrected chi connectivity index (χ1v) is 10.7. The maximum absolute atomic E-state index is 12.7. The first-order valence-electron chi connectivity index (χ1n) is 10.7. The molecule has 2 aliphatic rings. The molecule has 0 nitrogen and oxygen atoms in total. The van der Waals surface area contributed by atoms with Crippen LogP contribution in [0, 0.1) is 17.8 Å². The van der Waals surface area contributed by atoms with E-state index >= 15 is 0 Å². The average molecular weight is 361 g/mol. The zero-order chi connectivity index (χ0) is 18.2. The Morgan fingerprint density at radius 2 is 1.42 bits per heavy atom. The lowest BCUT2D eigenvalue weighted by atomic mass is 9.68. The third kappa shape index (κ3) is 5.41. The molecule has 2 fully saturated rings. The van der Waals surface area contributed by atoms with Crippen LogP contribution in [0.5, 0.6) is 0 Å². The molecule has 0 spiro atoms. The molecule has 0 heterocycles.